The number of amides is 2. The van der Waals surface area contributed by atoms with E-state index in [1.165, 1.54) is 4.90 Å². The van der Waals surface area contributed by atoms with Crippen molar-refractivity contribution in [2.45, 2.75) is 52.6 Å². The molecule has 0 unspecified atom stereocenters. The lowest BCUT2D eigenvalue weighted by Crippen LogP contribution is -2.65. The van der Waals surface area contributed by atoms with Crippen LogP contribution in [0.2, 0.25) is 0 Å². The van der Waals surface area contributed by atoms with Gasteiger partial charge in [-0.25, -0.2) is 4.98 Å². The van der Waals surface area contributed by atoms with E-state index in [4.69, 9.17) is 4.42 Å². The number of oxazole rings is 1. The Hall–Kier alpha value is -1.85. The minimum atomic E-state index is -0.786. The van der Waals surface area contributed by atoms with Gasteiger partial charge in [0.15, 0.2) is 0 Å². The maximum atomic E-state index is 12.6. The van der Waals surface area contributed by atoms with Crippen molar-refractivity contribution in [2.24, 2.45) is 0 Å². The van der Waals surface area contributed by atoms with Crippen LogP contribution in [0, 0.1) is 13.8 Å². The first-order valence-corrected chi connectivity index (χ1v) is 6.95. The Morgan fingerprint density at radius 1 is 1.30 bits per heavy atom. The van der Waals surface area contributed by atoms with Gasteiger partial charge in [-0.15, -0.1) is 0 Å². The number of carbonyl (C=O) groups excluding carboxylic acids is 2. The summed E-state index contributed by atoms with van der Waals surface area (Å²) in [6.45, 7) is 7.80. The smallest absolute Gasteiger partial charge is 0.249 e. The molecule has 110 valence electrons. The highest BCUT2D eigenvalue weighted by atomic mass is 16.4. The number of nitrogens with one attached hydrogen (secondary N) is 1. The minimum absolute atomic E-state index is 0.0566. The van der Waals surface area contributed by atoms with Gasteiger partial charge in [0.25, 0.3) is 0 Å². The maximum Gasteiger partial charge on any atom is 0.249 e. The van der Waals surface area contributed by atoms with Crippen molar-refractivity contribution in [1.82, 2.24) is 15.2 Å². The number of hydrogen-bond acceptors (Lipinski definition) is 4. The Kier molecular flexibility index (Phi) is 3.83. The largest absolute Gasteiger partial charge is 0.444 e. The summed E-state index contributed by atoms with van der Waals surface area (Å²) < 4.78 is 5.50. The van der Waals surface area contributed by atoms with E-state index in [2.05, 4.69) is 10.3 Å². The molecule has 1 aromatic rings. The Morgan fingerprint density at radius 3 is 2.45 bits per heavy atom. The monoisotopic (exact) mass is 279 g/mol. The second kappa shape index (κ2) is 5.26. The molecule has 1 aliphatic rings. The van der Waals surface area contributed by atoms with Crippen LogP contribution >= 0.6 is 0 Å². The van der Waals surface area contributed by atoms with Crippen molar-refractivity contribution in [3.63, 3.8) is 0 Å². The molecule has 1 aliphatic heterocycles. The van der Waals surface area contributed by atoms with E-state index in [1.807, 2.05) is 27.7 Å². The Balaban J connectivity index is 2.22. The summed E-state index contributed by atoms with van der Waals surface area (Å²) in [6, 6.07) is 0. The van der Waals surface area contributed by atoms with Gasteiger partial charge in [-0.05, 0) is 26.7 Å². The highest BCUT2D eigenvalue weighted by Gasteiger charge is 2.44. The van der Waals surface area contributed by atoms with Crippen molar-refractivity contribution >= 4 is 11.8 Å². The molecule has 20 heavy (non-hydrogen) atoms. The predicted octanol–water partition coefficient (Wildman–Crippen LogP) is 1.31. The molecule has 0 atom stereocenters. The number of aryl methyl sites for hydroxylation is 2. The molecule has 2 heterocycles. The quantitative estimate of drug-likeness (QED) is 0.901. The zero-order chi connectivity index (χ0) is 14.9. The van der Waals surface area contributed by atoms with E-state index >= 15 is 0 Å². The van der Waals surface area contributed by atoms with Crippen molar-refractivity contribution in [3.8, 4) is 0 Å². The Labute approximate surface area is 118 Å². The van der Waals surface area contributed by atoms with Crippen molar-refractivity contribution < 1.29 is 14.0 Å². The fraction of sp³-hybridized carbons (Fsp3) is 0.643. The molecule has 6 heteroatoms. The van der Waals surface area contributed by atoms with Crippen LogP contribution in [0.25, 0.3) is 0 Å². The second-order valence-electron chi connectivity index (χ2n) is 5.25. The molecule has 1 aromatic heterocycles. The first-order chi connectivity index (χ1) is 9.41. The number of hydrogen-bond donors (Lipinski definition) is 1. The molecule has 0 bridgehead atoms. The zero-order valence-electron chi connectivity index (χ0n) is 12.4. The SMILES string of the molecule is CCC1(CC)NC(=O)CN(Cc2nc(C)c(C)o2)C1=O. The Morgan fingerprint density at radius 2 is 1.95 bits per heavy atom. The molecule has 0 radical (unpaired) electrons. The zero-order valence-corrected chi connectivity index (χ0v) is 12.4. The number of nitrogens with zero attached hydrogens (tertiary/aromatic N) is 2. The molecular weight excluding hydrogens is 258 g/mol. The molecule has 0 spiro atoms. The van der Waals surface area contributed by atoms with Gasteiger partial charge < -0.3 is 14.6 Å². The van der Waals surface area contributed by atoms with Crippen LogP contribution in [-0.2, 0) is 16.1 Å². The van der Waals surface area contributed by atoms with Gasteiger partial charge in [0, 0.05) is 0 Å². The van der Waals surface area contributed by atoms with E-state index in [0.29, 0.717) is 18.7 Å². The van der Waals surface area contributed by atoms with Gasteiger partial charge in [0.05, 0.1) is 12.2 Å². The van der Waals surface area contributed by atoms with Crippen LogP contribution in [-0.4, -0.2) is 33.8 Å². The van der Waals surface area contributed by atoms with Crippen LogP contribution in [0.4, 0.5) is 0 Å². The third kappa shape index (κ3) is 2.42. The number of carbonyl (C=O) groups is 2. The molecule has 2 rings (SSSR count). The van der Waals surface area contributed by atoms with Crippen LogP contribution in [0.15, 0.2) is 4.42 Å². The molecule has 1 fully saturated rings. The van der Waals surface area contributed by atoms with Crippen LogP contribution in [0.3, 0.4) is 0 Å². The van der Waals surface area contributed by atoms with Crippen molar-refractivity contribution in [2.75, 3.05) is 6.54 Å². The van der Waals surface area contributed by atoms with Crippen LogP contribution in [0.5, 0.6) is 0 Å². The molecule has 1 saturated heterocycles. The fourth-order valence-electron chi connectivity index (χ4n) is 2.53. The number of piperazine rings is 1. The summed E-state index contributed by atoms with van der Waals surface area (Å²) in [6.07, 6.45) is 1.16. The summed E-state index contributed by atoms with van der Waals surface area (Å²) in [5.41, 5.74) is 0.0256. The number of rotatable bonds is 4. The third-order valence-corrected chi connectivity index (χ3v) is 4.02. The lowest BCUT2D eigenvalue weighted by molar-refractivity contribution is -0.151. The normalized spacial score (nSPS) is 18.3. The summed E-state index contributed by atoms with van der Waals surface area (Å²) in [4.78, 5) is 30.2. The molecular formula is C14H21N3O3. The summed E-state index contributed by atoms with van der Waals surface area (Å²) in [5, 5.41) is 2.83. The molecule has 2 amide bonds. The van der Waals surface area contributed by atoms with Gasteiger partial charge in [0.2, 0.25) is 17.7 Å². The van der Waals surface area contributed by atoms with E-state index in [0.717, 1.165) is 11.5 Å². The van der Waals surface area contributed by atoms with Crippen LogP contribution < -0.4 is 5.32 Å². The van der Waals surface area contributed by atoms with Crippen molar-refractivity contribution in [1.29, 1.82) is 0 Å². The van der Waals surface area contributed by atoms with Crippen molar-refractivity contribution in [3.05, 3.63) is 17.3 Å². The predicted molar refractivity (Wildman–Crippen MR) is 72.8 cm³/mol. The second-order valence-corrected chi connectivity index (χ2v) is 5.25. The maximum absolute atomic E-state index is 12.6. The summed E-state index contributed by atoms with van der Waals surface area (Å²) >= 11 is 0. The van der Waals surface area contributed by atoms with Crippen LogP contribution in [0.1, 0.15) is 44.0 Å². The van der Waals surface area contributed by atoms with E-state index in [-0.39, 0.29) is 24.9 Å². The molecule has 0 saturated carbocycles. The van der Waals surface area contributed by atoms with Gasteiger partial charge >= 0.3 is 0 Å². The molecule has 1 N–H and O–H groups in total. The topological polar surface area (TPSA) is 75.4 Å². The minimum Gasteiger partial charge on any atom is -0.444 e. The average Bonchev–Trinajstić information content (AvgIpc) is 2.72. The van der Waals surface area contributed by atoms with Gasteiger partial charge in [-0.3, -0.25) is 9.59 Å². The third-order valence-electron chi connectivity index (χ3n) is 4.02. The fourth-order valence-corrected chi connectivity index (χ4v) is 2.53. The standard InChI is InChI=1S/C14H21N3O3/c1-5-14(6-2)13(19)17(7-11(18)16-14)8-12-15-9(3)10(4)20-12/h5-8H2,1-4H3,(H,16,18). The summed E-state index contributed by atoms with van der Waals surface area (Å²) in [5.74, 6) is 1.03. The van der Waals surface area contributed by atoms with E-state index in [9.17, 15) is 9.59 Å². The highest BCUT2D eigenvalue weighted by Crippen LogP contribution is 2.23. The van der Waals surface area contributed by atoms with Gasteiger partial charge in [-0.1, -0.05) is 13.8 Å². The first-order valence-electron chi connectivity index (χ1n) is 6.95. The highest BCUT2D eigenvalue weighted by molar-refractivity contribution is 5.97. The van der Waals surface area contributed by atoms with E-state index in [1.54, 1.807) is 0 Å². The van der Waals surface area contributed by atoms with E-state index < -0.39 is 5.54 Å². The number of aromatic nitrogens is 1. The lowest BCUT2D eigenvalue weighted by Gasteiger charge is -2.40. The molecule has 0 aromatic carbocycles. The molecule has 0 aliphatic carbocycles. The molecule has 6 nitrogen and oxygen atoms in total. The first kappa shape index (κ1) is 14.6. The van der Waals surface area contributed by atoms with Gasteiger partial charge in [-0.2, -0.15) is 0 Å². The van der Waals surface area contributed by atoms with Gasteiger partial charge in [0.1, 0.15) is 17.8 Å². The average molecular weight is 279 g/mol. The Bertz CT molecular complexity index is 512. The lowest BCUT2D eigenvalue weighted by atomic mass is 9.89. The summed E-state index contributed by atoms with van der Waals surface area (Å²) in [7, 11) is 0.